The van der Waals surface area contributed by atoms with Gasteiger partial charge in [-0.25, -0.2) is 4.52 Å². The van der Waals surface area contributed by atoms with Gasteiger partial charge in [-0.1, -0.05) is 42.8 Å². The summed E-state index contributed by atoms with van der Waals surface area (Å²) in [6.07, 6.45) is 4.76. The van der Waals surface area contributed by atoms with Crippen LogP contribution < -0.4 is 5.32 Å². The zero-order chi connectivity index (χ0) is 14.7. The van der Waals surface area contributed by atoms with E-state index in [4.69, 9.17) is 11.6 Å². The number of pyridine rings is 1. The molecule has 0 saturated heterocycles. The number of rotatable bonds is 5. The van der Waals surface area contributed by atoms with Gasteiger partial charge in [-0.15, -0.1) is 0 Å². The average molecular weight is 300 g/mol. The summed E-state index contributed by atoms with van der Waals surface area (Å²) in [6.45, 7) is 3.02. The van der Waals surface area contributed by atoms with Gasteiger partial charge in [0.1, 0.15) is 0 Å². The molecule has 0 saturated carbocycles. The van der Waals surface area contributed by atoms with Gasteiger partial charge < -0.3 is 5.32 Å². The molecule has 2 heterocycles. The van der Waals surface area contributed by atoms with Crippen molar-refractivity contribution in [3.63, 3.8) is 0 Å². The number of benzene rings is 1. The molecule has 0 aliphatic rings. The van der Waals surface area contributed by atoms with E-state index in [9.17, 15) is 0 Å². The van der Waals surface area contributed by atoms with Crippen LogP contribution in [0.15, 0.2) is 54.9 Å². The van der Waals surface area contributed by atoms with Gasteiger partial charge in [0.25, 0.3) is 0 Å². The molecule has 3 rings (SSSR count). The van der Waals surface area contributed by atoms with Crippen molar-refractivity contribution < 1.29 is 0 Å². The van der Waals surface area contributed by atoms with E-state index < -0.39 is 0 Å². The van der Waals surface area contributed by atoms with Crippen molar-refractivity contribution in [2.75, 3.05) is 6.54 Å². The molecular weight excluding hydrogens is 282 g/mol. The lowest BCUT2D eigenvalue weighted by Gasteiger charge is -2.18. The van der Waals surface area contributed by atoms with Crippen molar-refractivity contribution in [2.24, 2.45) is 0 Å². The van der Waals surface area contributed by atoms with Gasteiger partial charge in [0.15, 0.2) is 0 Å². The van der Waals surface area contributed by atoms with Crippen LogP contribution >= 0.6 is 11.6 Å². The topological polar surface area (TPSA) is 29.3 Å². The number of nitrogens with zero attached hydrogens (tertiary/aromatic N) is 2. The van der Waals surface area contributed by atoms with E-state index in [2.05, 4.69) is 29.5 Å². The summed E-state index contributed by atoms with van der Waals surface area (Å²) in [5, 5.41) is 8.79. The third-order valence-corrected chi connectivity index (χ3v) is 4.03. The highest BCUT2D eigenvalue weighted by atomic mass is 35.5. The number of aromatic nitrogens is 2. The highest BCUT2D eigenvalue weighted by Crippen LogP contribution is 2.26. The van der Waals surface area contributed by atoms with Crippen LogP contribution in [0, 0.1) is 0 Å². The second-order valence-electron chi connectivity index (χ2n) is 5.04. The predicted octanol–water partition coefficient (Wildman–Crippen LogP) is 3.88. The number of nitrogens with one attached hydrogen (secondary N) is 1. The molecular formula is C17H18ClN3. The molecule has 1 aromatic carbocycles. The summed E-state index contributed by atoms with van der Waals surface area (Å²) in [7, 11) is 0. The van der Waals surface area contributed by atoms with Gasteiger partial charge in [0.2, 0.25) is 0 Å². The molecule has 0 aliphatic heterocycles. The molecule has 1 atom stereocenters. The van der Waals surface area contributed by atoms with Crippen molar-refractivity contribution in [1.82, 2.24) is 14.9 Å². The first-order valence-electron chi connectivity index (χ1n) is 7.18. The summed E-state index contributed by atoms with van der Waals surface area (Å²) >= 11 is 6.30. The second-order valence-corrected chi connectivity index (χ2v) is 5.44. The van der Waals surface area contributed by atoms with Crippen molar-refractivity contribution in [1.29, 1.82) is 0 Å². The Kier molecular flexibility index (Phi) is 4.23. The largest absolute Gasteiger partial charge is 0.310 e. The Bertz CT molecular complexity index is 735. The number of halogens is 1. The first-order chi connectivity index (χ1) is 10.3. The lowest BCUT2D eigenvalue weighted by molar-refractivity contribution is 0.553. The summed E-state index contributed by atoms with van der Waals surface area (Å²) in [5.74, 6) is 0. The summed E-state index contributed by atoms with van der Waals surface area (Å²) in [5.41, 5.74) is 3.49. The van der Waals surface area contributed by atoms with Gasteiger partial charge in [-0.2, -0.15) is 5.10 Å². The molecule has 21 heavy (non-hydrogen) atoms. The quantitative estimate of drug-likeness (QED) is 0.774. The van der Waals surface area contributed by atoms with E-state index in [1.54, 1.807) is 0 Å². The molecule has 0 aliphatic carbocycles. The van der Waals surface area contributed by atoms with Crippen LogP contribution in [0.1, 0.15) is 24.1 Å². The Morgan fingerprint density at radius 1 is 1.19 bits per heavy atom. The maximum atomic E-state index is 6.30. The Morgan fingerprint density at radius 3 is 2.81 bits per heavy atom. The van der Waals surface area contributed by atoms with Crippen LogP contribution in [0.5, 0.6) is 0 Å². The molecule has 0 spiro atoms. The smallest absolute Gasteiger partial charge is 0.0709 e. The van der Waals surface area contributed by atoms with Crippen LogP contribution in [-0.4, -0.2) is 16.2 Å². The SMILES string of the molecule is CCNC(Cc1ccccc1Cl)c1cnn2ccccc12. The first-order valence-corrected chi connectivity index (χ1v) is 7.56. The van der Waals surface area contributed by atoms with Gasteiger partial charge in [0.05, 0.1) is 11.7 Å². The van der Waals surface area contributed by atoms with E-state index in [0.29, 0.717) is 0 Å². The molecule has 108 valence electrons. The maximum absolute atomic E-state index is 6.30. The Morgan fingerprint density at radius 2 is 2.00 bits per heavy atom. The fraction of sp³-hybridized carbons (Fsp3) is 0.235. The number of hydrogen-bond acceptors (Lipinski definition) is 2. The van der Waals surface area contributed by atoms with Gasteiger partial charge in [-0.05, 0) is 36.7 Å². The standard InChI is InChI=1S/C17H18ClN3/c1-2-19-16(11-13-7-3-4-8-15(13)18)14-12-20-21-10-6-5-9-17(14)21/h3-10,12,16,19H,2,11H2,1H3. The zero-order valence-electron chi connectivity index (χ0n) is 12.0. The van der Waals surface area contributed by atoms with Crippen LogP contribution in [0.4, 0.5) is 0 Å². The fourth-order valence-electron chi connectivity index (χ4n) is 2.65. The van der Waals surface area contributed by atoms with Crippen LogP contribution in [0.2, 0.25) is 5.02 Å². The van der Waals surface area contributed by atoms with E-state index in [0.717, 1.165) is 29.1 Å². The minimum atomic E-state index is 0.204. The van der Waals surface area contributed by atoms with Crippen LogP contribution in [-0.2, 0) is 6.42 Å². The molecule has 0 fully saturated rings. The minimum absolute atomic E-state index is 0.204. The molecule has 3 nitrogen and oxygen atoms in total. The lowest BCUT2D eigenvalue weighted by Crippen LogP contribution is -2.23. The van der Waals surface area contributed by atoms with E-state index >= 15 is 0 Å². The highest BCUT2D eigenvalue weighted by molar-refractivity contribution is 6.31. The average Bonchev–Trinajstić information content (AvgIpc) is 2.93. The Hall–Kier alpha value is -1.84. The molecule has 3 aromatic rings. The van der Waals surface area contributed by atoms with Gasteiger partial charge in [-0.3, -0.25) is 0 Å². The monoisotopic (exact) mass is 299 g/mol. The highest BCUT2D eigenvalue weighted by Gasteiger charge is 2.17. The minimum Gasteiger partial charge on any atom is -0.310 e. The van der Waals surface area contributed by atoms with Crippen molar-refractivity contribution in [3.05, 3.63) is 71.0 Å². The Labute approximate surface area is 129 Å². The van der Waals surface area contributed by atoms with Crippen molar-refractivity contribution >= 4 is 17.1 Å². The normalized spacial score (nSPS) is 12.7. The lowest BCUT2D eigenvalue weighted by atomic mass is 10.00. The van der Waals surface area contributed by atoms with Crippen molar-refractivity contribution in [3.8, 4) is 0 Å². The van der Waals surface area contributed by atoms with E-state index in [-0.39, 0.29) is 6.04 Å². The predicted molar refractivity (Wildman–Crippen MR) is 86.8 cm³/mol. The van der Waals surface area contributed by atoms with E-state index in [1.165, 1.54) is 5.56 Å². The Balaban J connectivity index is 1.96. The third kappa shape index (κ3) is 2.94. The van der Waals surface area contributed by atoms with Gasteiger partial charge >= 0.3 is 0 Å². The van der Waals surface area contributed by atoms with Crippen LogP contribution in [0.25, 0.3) is 5.52 Å². The van der Waals surface area contributed by atoms with Crippen LogP contribution in [0.3, 0.4) is 0 Å². The molecule has 0 radical (unpaired) electrons. The van der Waals surface area contributed by atoms with Gasteiger partial charge in [0, 0.05) is 22.8 Å². The molecule has 2 aromatic heterocycles. The summed E-state index contributed by atoms with van der Waals surface area (Å²) in [4.78, 5) is 0. The molecule has 0 bridgehead atoms. The molecule has 4 heteroatoms. The fourth-order valence-corrected chi connectivity index (χ4v) is 2.86. The first kappa shape index (κ1) is 14.1. The van der Waals surface area contributed by atoms with Crippen molar-refractivity contribution in [2.45, 2.75) is 19.4 Å². The molecule has 0 amide bonds. The third-order valence-electron chi connectivity index (χ3n) is 3.66. The number of likely N-dealkylation sites (N-methyl/N-ethyl adjacent to an activating group) is 1. The van der Waals surface area contributed by atoms with E-state index in [1.807, 2.05) is 47.2 Å². The zero-order valence-corrected chi connectivity index (χ0v) is 12.7. The molecule has 1 N–H and O–H groups in total. The summed E-state index contributed by atoms with van der Waals surface area (Å²) < 4.78 is 1.91. The number of fused-ring (bicyclic) bond motifs is 1. The maximum Gasteiger partial charge on any atom is 0.0709 e. The molecule has 1 unspecified atom stereocenters. The number of hydrogen-bond donors (Lipinski definition) is 1. The second kappa shape index (κ2) is 6.29. The summed E-state index contributed by atoms with van der Waals surface area (Å²) in [6, 6.07) is 14.3.